The van der Waals surface area contributed by atoms with E-state index < -0.39 is 0 Å². The third kappa shape index (κ3) is 2.57. The standard InChI is InChI=1S/C15H16ClN3O/c1-2-5-17-14(15-18-6-7-19-15)13-9-10-8-11(16)3-4-12(10)20-13/h3-4,6-9,14,17H,2,5H2,1H3,(H,18,19). The van der Waals surface area contributed by atoms with Crippen molar-refractivity contribution in [1.29, 1.82) is 0 Å². The zero-order chi connectivity index (χ0) is 13.9. The summed E-state index contributed by atoms with van der Waals surface area (Å²) in [6.45, 7) is 3.02. The Morgan fingerprint density at radius 2 is 2.30 bits per heavy atom. The van der Waals surface area contributed by atoms with Crippen molar-refractivity contribution >= 4 is 22.6 Å². The molecular weight excluding hydrogens is 274 g/mol. The number of rotatable bonds is 5. The van der Waals surface area contributed by atoms with Crippen LogP contribution in [-0.4, -0.2) is 16.5 Å². The second-order valence-electron chi connectivity index (χ2n) is 4.69. The molecule has 0 amide bonds. The van der Waals surface area contributed by atoms with Crippen LogP contribution in [-0.2, 0) is 0 Å². The number of hydrogen-bond acceptors (Lipinski definition) is 3. The molecule has 0 saturated heterocycles. The van der Waals surface area contributed by atoms with Crippen LogP contribution in [0.3, 0.4) is 0 Å². The van der Waals surface area contributed by atoms with Gasteiger partial charge in [-0.15, -0.1) is 0 Å². The summed E-state index contributed by atoms with van der Waals surface area (Å²) in [5, 5.41) is 5.15. The highest BCUT2D eigenvalue weighted by molar-refractivity contribution is 6.31. The molecule has 0 aliphatic rings. The predicted molar refractivity (Wildman–Crippen MR) is 79.9 cm³/mol. The molecule has 20 heavy (non-hydrogen) atoms. The van der Waals surface area contributed by atoms with Gasteiger partial charge < -0.3 is 14.7 Å². The van der Waals surface area contributed by atoms with E-state index in [1.54, 1.807) is 6.20 Å². The number of aromatic amines is 1. The Morgan fingerprint density at radius 1 is 1.40 bits per heavy atom. The Hall–Kier alpha value is -1.78. The second kappa shape index (κ2) is 5.69. The number of hydrogen-bond donors (Lipinski definition) is 2. The zero-order valence-electron chi connectivity index (χ0n) is 11.2. The lowest BCUT2D eigenvalue weighted by Crippen LogP contribution is -2.23. The minimum absolute atomic E-state index is 0.0730. The van der Waals surface area contributed by atoms with Crippen molar-refractivity contribution in [1.82, 2.24) is 15.3 Å². The molecule has 3 rings (SSSR count). The number of furan rings is 1. The SMILES string of the molecule is CCCNC(c1ncc[nH]1)c1cc2cc(Cl)ccc2o1. The number of benzene rings is 1. The fourth-order valence-corrected chi connectivity index (χ4v) is 2.41. The van der Waals surface area contributed by atoms with Gasteiger partial charge in [0.15, 0.2) is 0 Å². The van der Waals surface area contributed by atoms with E-state index in [1.165, 1.54) is 0 Å². The van der Waals surface area contributed by atoms with Gasteiger partial charge in [0.25, 0.3) is 0 Å². The summed E-state index contributed by atoms with van der Waals surface area (Å²) in [5.41, 5.74) is 0.833. The van der Waals surface area contributed by atoms with Crippen molar-refractivity contribution in [3.8, 4) is 0 Å². The molecule has 0 fully saturated rings. The van der Waals surface area contributed by atoms with Crippen LogP contribution in [0.25, 0.3) is 11.0 Å². The first kappa shape index (κ1) is 13.2. The summed E-state index contributed by atoms with van der Waals surface area (Å²) >= 11 is 6.01. The van der Waals surface area contributed by atoms with Gasteiger partial charge in [-0.2, -0.15) is 0 Å². The lowest BCUT2D eigenvalue weighted by atomic mass is 10.2. The average Bonchev–Trinajstić information content (AvgIpc) is 3.08. The lowest BCUT2D eigenvalue weighted by Gasteiger charge is -2.13. The van der Waals surface area contributed by atoms with E-state index in [9.17, 15) is 0 Å². The van der Waals surface area contributed by atoms with Crippen molar-refractivity contribution in [2.45, 2.75) is 19.4 Å². The summed E-state index contributed by atoms with van der Waals surface area (Å²) in [6.07, 6.45) is 4.61. The Kier molecular flexibility index (Phi) is 3.76. The Balaban J connectivity index is 1.99. The minimum atomic E-state index is -0.0730. The van der Waals surface area contributed by atoms with Gasteiger partial charge in [0, 0.05) is 22.8 Å². The molecule has 5 heteroatoms. The number of fused-ring (bicyclic) bond motifs is 1. The topological polar surface area (TPSA) is 53.9 Å². The molecule has 0 radical (unpaired) electrons. The van der Waals surface area contributed by atoms with Gasteiger partial charge in [-0.3, -0.25) is 0 Å². The van der Waals surface area contributed by atoms with Gasteiger partial charge in [0.2, 0.25) is 0 Å². The second-order valence-corrected chi connectivity index (χ2v) is 5.13. The number of H-pyrrole nitrogens is 1. The van der Waals surface area contributed by atoms with Crippen LogP contribution in [0.1, 0.15) is 31.0 Å². The van der Waals surface area contributed by atoms with Crippen molar-refractivity contribution in [2.24, 2.45) is 0 Å². The van der Waals surface area contributed by atoms with Crippen LogP contribution in [0.4, 0.5) is 0 Å². The van der Waals surface area contributed by atoms with Crippen molar-refractivity contribution in [2.75, 3.05) is 6.54 Å². The van der Waals surface area contributed by atoms with E-state index in [0.717, 1.165) is 35.5 Å². The number of nitrogens with zero attached hydrogens (tertiary/aromatic N) is 1. The first-order valence-corrected chi connectivity index (χ1v) is 7.07. The number of halogens is 1. The molecule has 2 N–H and O–H groups in total. The maximum Gasteiger partial charge on any atom is 0.134 e. The summed E-state index contributed by atoms with van der Waals surface area (Å²) in [4.78, 5) is 7.47. The van der Waals surface area contributed by atoms with E-state index in [-0.39, 0.29) is 6.04 Å². The van der Waals surface area contributed by atoms with Crippen LogP contribution < -0.4 is 5.32 Å². The largest absolute Gasteiger partial charge is 0.459 e. The van der Waals surface area contributed by atoms with Gasteiger partial charge in [0.05, 0.1) is 0 Å². The highest BCUT2D eigenvalue weighted by atomic mass is 35.5. The summed E-state index contributed by atoms with van der Waals surface area (Å²) in [5.74, 6) is 1.69. The molecule has 2 heterocycles. The van der Waals surface area contributed by atoms with Crippen LogP contribution in [0, 0.1) is 0 Å². The third-order valence-corrected chi connectivity index (χ3v) is 3.41. The lowest BCUT2D eigenvalue weighted by molar-refractivity contribution is 0.458. The quantitative estimate of drug-likeness (QED) is 0.749. The van der Waals surface area contributed by atoms with Gasteiger partial charge in [-0.25, -0.2) is 4.98 Å². The van der Waals surface area contributed by atoms with E-state index >= 15 is 0 Å². The molecule has 0 saturated carbocycles. The molecule has 0 spiro atoms. The number of nitrogens with one attached hydrogen (secondary N) is 2. The first-order chi connectivity index (χ1) is 9.78. The molecule has 1 atom stereocenters. The van der Waals surface area contributed by atoms with Gasteiger partial charge >= 0.3 is 0 Å². The molecule has 1 aromatic carbocycles. The number of aromatic nitrogens is 2. The zero-order valence-corrected chi connectivity index (χ0v) is 11.9. The van der Waals surface area contributed by atoms with Gasteiger partial charge in [0.1, 0.15) is 23.2 Å². The Morgan fingerprint density at radius 3 is 3.05 bits per heavy atom. The van der Waals surface area contributed by atoms with Crippen LogP contribution in [0.5, 0.6) is 0 Å². The van der Waals surface area contributed by atoms with Gasteiger partial charge in [-0.1, -0.05) is 18.5 Å². The number of imidazole rings is 1. The van der Waals surface area contributed by atoms with Crippen LogP contribution in [0.2, 0.25) is 5.02 Å². The summed E-state index contributed by atoms with van der Waals surface area (Å²) in [6, 6.07) is 7.56. The first-order valence-electron chi connectivity index (χ1n) is 6.69. The maximum absolute atomic E-state index is 6.01. The fourth-order valence-electron chi connectivity index (χ4n) is 2.23. The van der Waals surface area contributed by atoms with E-state index in [2.05, 4.69) is 22.2 Å². The van der Waals surface area contributed by atoms with Crippen molar-refractivity contribution in [3.63, 3.8) is 0 Å². The molecule has 4 nitrogen and oxygen atoms in total. The van der Waals surface area contributed by atoms with Crippen molar-refractivity contribution < 1.29 is 4.42 Å². The molecule has 1 unspecified atom stereocenters. The Labute approximate surface area is 122 Å². The Bertz CT molecular complexity index is 690. The molecule has 3 aromatic rings. The van der Waals surface area contributed by atoms with E-state index in [4.69, 9.17) is 16.0 Å². The average molecular weight is 290 g/mol. The maximum atomic E-state index is 6.01. The summed E-state index contributed by atoms with van der Waals surface area (Å²) < 4.78 is 5.92. The highest BCUT2D eigenvalue weighted by Crippen LogP contribution is 2.28. The highest BCUT2D eigenvalue weighted by Gasteiger charge is 2.20. The monoisotopic (exact) mass is 289 g/mol. The van der Waals surface area contributed by atoms with Crippen molar-refractivity contribution in [3.05, 3.63) is 53.3 Å². The third-order valence-electron chi connectivity index (χ3n) is 3.17. The fraction of sp³-hybridized carbons (Fsp3) is 0.267. The molecule has 104 valence electrons. The predicted octanol–water partition coefficient (Wildman–Crippen LogP) is 3.90. The van der Waals surface area contributed by atoms with E-state index in [1.807, 2.05) is 30.5 Å². The molecule has 2 aromatic heterocycles. The minimum Gasteiger partial charge on any atom is -0.459 e. The molecule has 0 bridgehead atoms. The summed E-state index contributed by atoms with van der Waals surface area (Å²) in [7, 11) is 0. The van der Waals surface area contributed by atoms with Crippen LogP contribution in [0.15, 0.2) is 41.1 Å². The molecular formula is C15H16ClN3O. The van der Waals surface area contributed by atoms with Gasteiger partial charge in [-0.05, 0) is 37.2 Å². The molecule has 0 aliphatic heterocycles. The normalized spacial score (nSPS) is 12.9. The van der Waals surface area contributed by atoms with E-state index in [0.29, 0.717) is 5.02 Å². The molecule has 0 aliphatic carbocycles. The smallest absolute Gasteiger partial charge is 0.134 e. The van der Waals surface area contributed by atoms with Crippen LogP contribution >= 0.6 is 11.6 Å².